The maximum atomic E-state index is 12.5. The molecule has 136 valence electrons. The fourth-order valence-corrected chi connectivity index (χ4v) is 3.65. The van der Waals surface area contributed by atoms with Gasteiger partial charge in [-0.3, -0.25) is 9.59 Å². The van der Waals surface area contributed by atoms with E-state index in [4.69, 9.17) is 10.5 Å². The highest BCUT2D eigenvalue weighted by Crippen LogP contribution is 2.22. The first-order valence-corrected chi connectivity index (χ1v) is 9.16. The van der Waals surface area contributed by atoms with Gasteiger partial charge in [-0.05, 0) is 37.0 Å². The standard InChI is InChI=1S/C19H27N3O3/c20-9-13-25-17-5-3-15(4-6-17)14-19(24)21-11-7-16(8-12-21)22-10-1-2-18(22)23/h3-6,16H,1-2,7-14,20H2. The molecule has 6 nitrogen and oxygen atoms in total. The van der Waals surface area contributed by atoms with E-state index >= 15 is 0 Å². The van der Waals surface area contributed by atoms with Crippen LogP contribution in [0, 0.1) is 0 Å². The van der Waals surface area contributed by atoms with E-state index in [0.29, 0.717) is 32.0 Å². The van der Waals surface area contributed by atoms with E-state index in [1.807, 2.05) is 34.1 Å². The highest BCUT2D eigenvalue weighted by molar-refractivity contribution is 5.79. The predicted molar refractivity (Wildman–Crippen MR) is 95.2 cm³/mol. The van der Waals surface area contributed by atoms with Crippen LogP contribution in [0.2, 0.25) is 0 Å². The molecule has 2 saturated heterocycles. The minimum Gasteiger partial charge on any atom is -0.492 e. The van der Waals surface area contributed by atoms with Gasteiger partial charge in [-0.2, -0.15) is 0 Å². The fraction of sp³-hybridized carbons (Fsp3) is 0.579. The van der Waals surface area contributed by atoms with Gasteiger partial charge in [0.15, 0.2) is 0 Å². The summed E-state index contributed by atoms with van der Waals surface area (Å²) >= 11 is 0. The molecule has 0 atom stereocenters. The number of piperidine rings is 1. The molecule has 2 heterocycles. The van der Waals surface area contributed by atoms with Crippen LogP contribution in [0.5, 0.6) is 5.75 Å². The number of amides is 2. The molecule has 2 aliphatic rings. The third-order valence-electron chi connectivity index (χ3n) is 5.03. The van der Waals surface area contributed by atoms with Gasteiger partial charge in [0, 0.05) is 38.6 Å². The summed E-state index contributed by atoms with van der Waals surface area (Å²) in [5.74, 6) is 1.21. The molecule has 0 saturated carbocycles. The maximum Gasteiger partial charge on any atom is 0.226 e. The predicted octanol–water partition coefficient (Wildman–Crippen LogP) is 1.18. The van der Waals surface area contributed by atoms with Crippen LogP contribution in [0.3, 0.4) is 0 Å². The Morgan fingerprint density at radius 1 is 1.16 bits per heavy atom. The summed E-state index contributed by atoms with van der Waals surface area (Å²) in [6.07, 6.45) is 3.85. The highest BCUT2D eigenvalue weighted by Gasteiger charge is 2.31. The molecule has 0 aliphatic carbocycles. The van der Waals surface area contributed by atoms with Crippen molar-refractivity contribution in [2.45, 2.75) is 38.1 Å². The molecule has 0 bridgehead atoms. The summed E-state index contributed by atoms with van der Waals surface area (Å²) in [7, 11) is 0. The Bertz CT molecular complexity index is 594. The van der Waals surface area contributed by atoms with Crippen molar-refractivity contribution in [2.24, 2.45) is 5.73 Å². The van der Waals surface area contributed by atoms with Gasteiger partial charge in [0.1, 0.15) is 12.4 Å². The Hall–Kier alpha value is -2.08. The molecule has 2 aliphatic heterocycles. The van der Waals surface area contributed by atoms with Crippen molar-refractivity contribution in [3.63, 3.8) is 0 Å². The minimum absolute atomic E-state index is 0.154. The van der Waals surface area contributed by atoms with Crippen molar-refractivity contribution in [1.82, 2.24) is 9.80 Å². The number of nitrogens with two attached hydrogens (primary N) is 1. The number of benzene rings is 1. The average molecular weight is 345 g/mol. The molecule has 6 heteroatoms. The molecule has 2 amide bonds. The topological polar surface area (TPSA) is 75.9 Å². The molecular weight excluding hydrogens is 318 g/mol. The van der Waals surface area contributed by atoms with Crippen molar-refractivity contribution in [3.8, 4) is 5.75 Å². The summed E-state index contributed by atoms with van der Waals surface area (Å²) in [5.41, 5.74) is 6.40. The lowest BCUT2D eigenvalue weighted by Gasteiger charge is -2.36. The van der Waals surface area contributed by atoms with Gasteiger partial charge in [0.05, 0.1) is 6.42 Å². The summed E-state index contributed by atoms with van der Waals surface area (Å²) < 4.78 is 5.45. The zero-order chi connectivity index (χ0) is 17.6. The van der Waals surface area contributed by atoms with Gasteiger partial charge in [0.25, 0.3) is 0 Å². The number of ether oxygens (including phenoxy) is 1. The SMILES string of the molecule is NCCOc1ccc(CC(=O)N2CCC(N3CCCC3=O)CC2)cc1. The second kappa shape index (κ2) is 8.34. The smallest absolute Gasteiger partial charge is 0.226 e. The van der Waals surface area contributed by atoms with Crippen molar-refractivity contribution >= 4 is 11.8 Å². The van der Waals surface area contributed by atoms with E-state index in [1.54, 1.807) is 0 Å². The third kappa shape index (κ3) is 4.51. The van der Waals surface area contributed by atoms with Gasteiger partial charge in [-0.25, -0.2) is 0 Å². The molecule has 1 aromatic rings. The van der Waals surface area contributed by atoms with Crippen LogP contribution in [0.4, 0.5) is 0 Å². The number of carbonyl (C=O) groups is 2. The van der Waals surface area contributed by atoms with Gasteiger partial charge in [-0.15, -0.1) is 0 Å². The van der Waals surface area contributed by atoms with Gasteiger partial charge in [-0.1, -0.05) is 12.1 Å². The van der Waals surface area contributed by atoms with Crippen LogP contribution < -0.4 is 10.5 Å². The number of likely N-dealkylation sites (tertiary alicyclic amines) is 2. The molecule has 0 aromatic heterocycles. The lowest BCUT2D eigenvalue weighted by Crippen LogP contribution is -2.47. The van der Waals surface area contributed by atoms with Crippen LogP contribution >= 0.6 is 0 Å². The van der Waals surface area contributed by atoms with Gasteiger partial charge >= 0.3 is 0 Å². The maximum absolute atomic E-state index is 12.5. The molecule has 2 fully saturated rings. The Balaban J connectivity index is 1.47. The Morgan fingerprint density at radius 3 is 2.48 bits per heavy atom. The largest absolute Gasteiger partial charge is 0.492 e. The van der Waals surface area contributed by atoms with Gasteiger partial charge < -0.3 is 20.3 Å². The Labute approximate surface area is 148 Å². The minimum atomic E-state index is 0.154. The normalized spacial score (nSPS) is 18.7. The highest BCUT2D eigenvalue weighted by atomic mass is 16.5. The first kappa shape index (κ1) is 17.7. The second-order valence-electron chi connectivity index (χ2n) is 6.76. The number of carbonyl (C=O) groups excluding carboxylic acids is 2. The molecule has 3 rings (SSSR count). The quantitative estimate of drug-likeness (QED) is 0.840. The van der Waals surface area contributed by atoms with Crippen molar-refractivity contribution in [2.75, 3.05) is 32.8 Å². The molecule has 0 spiro atoms. The molecule has 25 heavy (non-hydrogen) atoms. The lowest BCUT2D eigenvalue weighted by atomic mass is 10.0. The van der Waals surface area contributed by atoms with Crippen LogP contribution in [0.25, 0.3) is 0 Å². The first-order chi connectivity index (χ1) is 12.2. The fourth-order valence-electron chi connectivity index (χ4n) is 3.65. The molecule has 0 unspecified atom stereocenters. The Morgan fingerprint density at radius 2 is 1.88 bits per heavy atom. The number of hydrogen-bond acceptors (Lipinski definition) is 4. The van der Waals surface area contributed by atoms with E-state index in [9.17, 15) is 9.59 Å². The average Bonchev–Trinajstić information content (AvgIpc) is 3.07. The zero-order valence-electron chi connectivity index (χ0n) is 14.7. The number of rotatable bonds is 6. The number of nitrogens with zero attached hydrogens (tertiary/aromatic N) is 2. The summed E-state index contributed by atoms with van der Waals surface area (Å²) in [6.45, 7) is 3.35. The van der Waals surface area contributed by atoms with Crippen molar-refractivity contribution < 1.29 is 14.3 Å². The first-order valence-electron chi connectivity index (χ1n) is 9.16. The van der Waals surface area contributed by atoms with E-state index in [0.717, 1.165) is 50.2 Å². The molecular formula is C19H27N3O3. The zero-order valence-corrected chi connectivity index (χ0v) is 14.7. The summed E-state index contributed by atoms with van der Waals surface area (Å²) in [5, 5.41) is 0. The van der Waals surface area contributed by atoms with E-state index < -0.39 is 0 Å². The molecule has 2 N–H and O–H groups in total. The third-order valence-corrected chi connectivity index (χ3v) is 5.03. The van der Waals surface area contributed by atoms with Crippen LogP contribution in [0.1, 0.15) is 31.2 Å². The second-order valence-corrected chi connectivity index (χ2v) is 6.76. The summed E-state index contributed by atoms with van der Waals surface area (Å²) in [4.78, 5) is 28.3. The van der Waals surface area contributed by atoms with E-state index in [-0.39, 0.29) is 11.8 Å². The van der Waals surface area contributed by atoms with Gasteiger partial charge in [0.2, 0.25) is 11.8 Å². The monoisotopic (exact) mass is 345 g/mol. The Kier molecular flexibility index (Phi) is 5.91. The lowest BCUT2D eigenvalue weighted by molar-refractivity contribution is -0.134. The van der Waals surface area contributed by atoms with Crippen LogP contribution in [-0.4, -0.2) is 60.4 Å². The molecule has 1 aromatic carbocycles. The van der Waals surface area contributed by atoms with Crippen LogP contribution in [-0.2, 0) is 16.0 Å². The van der Waals surface area contributed by atoms with Crippen molar-refractivity contribution in [1.29, 1.82) is 0 Å². The summed E-state index contributed by atoms with van der Waals surface area (Å²) in [6, 6.07) is 7.93. The van der Waals surface area contributed by atoms with Crippen molar-refractivity contribution in [3.05, 3.63) is 29.8 Å². The van der Waals surface area contributed by atoms with E-state index in [1.165, 1.54) is 0 Å². The van der Waals surface area contributed by atoms with Crippen LogP contribution in [0.15, 0.2) is 24.3 Å². The molecule has 0 radical (unpaired) electrons. The van der Waals surface area contributed by atoms with E-state index in [2.05, 4.69) is 0 Å². The number of hydrogen-bond donors (Lipinski definition) is 1.